The molecule has 1 aliphatic heterocycles. The Bertz CT molecular complexity index is 314. The van der Waals surface area contributed by atoms with Crippen LogP contribution >= 0.6 is 0 Å². The van der Waals surface area contributed by atoms with Crippen molar-refractivity contribution >= 4 is 12.1 Å². The highest BCUT2D eigenvalue weighted by atomic mass is 16.6. The van der Waals surface area contributed by atoms with Crippen molar-refractivity contribution in [1.82, 2.24) is 4.90 Å². The first kappa shape index (κ1) is 13.8. The first-order chi connectivity index (χ1) is 7.65. The summed E-state index contributed by atoms with van der Waals surface area (Å²) in [5.41, 5.74) is -1.74. The van der Waals surface area contributed by atoms with Gasteiger partial charge in [-0.25, -0.2) is 4.79 Å². The Labute approximate surface area is 100 Å². The van der Waals surface area contributed by atoms with Crippen molar-refractivity contribution in [1.29, 1.82) is 0 Å². The highest BCUT2D eigenvalue weighted by molar-refractivity contribution is 5.73. The molecule has 0 aromatic rings. The predicted molar refractivity (Wildman–Crippen MR) is 59.4 cm³/mol. The topological polar surface area (TPSA) is 76.1 Å². The molecule has 1 rings (SSSR count). The first-order valence-corrected chi connectivity index (χ1v) is 5.42. The number of likely N-dealkylation sites (tertiary alicyclic amines) is 1. The van der Waals surface area contributed by atoms with Crippen LogP contribution in [-0.2, 0) is 14.3 Å². The van der Waals surface area contributed by atoms with Gasteiger partial charge in [-0.1, -0.05) is 0 Å². The number of β-amino-alcohol motifs (C(OH)–C–C–N with tert-alkyl or cyclic N) is 1. The number of nitrogens with zero attached hydrogens (tertiary/aromatic N) is 1. The van der Waals surface area contributed by atoms with Crippen LogP contribution in [0.1, 0.15) is 27.2 Å². The van der Waals surface area contributed by atoms with Crippen LogP contribution in [0.25, 0.3) is 0 Å². The van der Waals surface area contributed by atoms with Crippen LogP contribution in [-0.4, -0.2) is 53.5 Å². The number of amides is 1. The highest BCUT2D eigenvalue weighted by Crippen LogP contribution is 2.26. The molecule has 0 saturated carbocycles. The van der Waals surface area contributed by atoms with Crippen molar-refractivity contribution in [2.24, 2.45) is 0 Å². The summed E-state index contributed by atoms with van der Waals surface area (Å²) in [4.78, 5) is 23.9. The van der Waals surface area contributed by atoms with E-state index in [-0.39, 0.29) is 19.5 Å². The zero-order chi connectivity index (χ0) is 13.3. The van der Waals surface area contributed by atoms with Gasteiger partial charge in [0.05, 0.1) is 26.6 Å². The van der Waals surface area contributed by atoms with E-state index in [1.807, 2.05) is 0 Å². The molecule has 0 aliphatic carbocycles. The Morgan fingerprint density at radius 1 is 1.35 bits per heavy atom. The van der Waals surface area contributed by atoms with Gasteiger partial charge in [-0.15, -0.1) is 0 Å². The second kappa shape index (κ2) is 4.52. The summed E-state index contributed by atoms with van der Waals surface area (Å²) in [6.07, 6.45) is -0.588. The summed E-state index contributed by atoms with van der Waals surface area (Å²) < 4.78 is 9.59. The van der Waals surface area contributed by atoms with Gasteiger partial charge in [-0.3, -0.25) is 4.79 Å². The van der Waals surface area contributed by atoms with E-state index in [0.29, 0.717) is 0 Å². The molecule has 17 heavy (non-hydrogen) atoms. The van der Waals surface area contributed by atoms with Crippen molar-refractivity contribution < 1.29 is 24.2 Å². The number of esters is 1. The van der Waals surface area contributed by atoms with Crippen LogP contribution in [0.15, 0.2) is 0 Å². The SMILES string of the molecule is COC(=O)CC1(O)CN(C(=O)OC(C)(C)C)C1. The van der Waals surface area contributed by atoms with Gasteiger partial charge < -0.3 is 19.5 Å². The number of hydrogen-bond donors (Lipinski definition) is 1. The van der Waals surface area contributed by atoms with Crippen LogP contribution in [0.5, 0.6) is 0 Å². The number of aliphatic hydroxyl groups is 1. The molecule has 1 fully saturated rings. The predicted octanol–water partition coefficient (Wildman–Crippen LogP) is 0.531. The first-order valence-electron chi connectivity index (χ1n) is 5.42. The minimum absolute atomic E-state index is 0.0943. The molecule has 1 amide bonds. The van der Waals surface area contributed by atoms with Crippen molar-refractivity contribution in [2.75, 3.05) is 20.2 Å². The standard InChI is InChI=1S/C11H19NO5/c1-10(2,3)17-9(14)12-6-11(15,7-12)5-8(13)16-4/h15H,5-7H2,1-4H3. The number of carbonyl (C=O) groups excluding carboxylic acids is 2. The van der Waals surface area contributed by atoms with Crippen molar-refractivity contribution in [3.63, 3.8) is 0 Å². The van der Waals surface area contributed by atoms with E-state index in [0.717, 1.165) is 0 Å². The maximum atomic E-state index is 11.6. The van der Waals surface area contributed by atoms with E-state index >= 15 is 0 Å². The summed E-state index contributed by atoms with van der Waals surface area (Å²) >= 11 is 0. The Balaban J connectivity index is 2.40. The molecule has 6 nitrogen and oxygen atoms in total. The lowest BCUT2D eigenvalue weighted by Crippen LogP contribution is -2.64. The Kier molecular flexibility index (Phi) is 3.66. The molecule has 0 bridgehead atoms. The van der Waals surface area contributed by atoms with E-state index in [9.17, 15) is 14.7 Å². The zero-order valence-electron chi connectivity index (χ0n) is 10.6. The maximum absolute atomic E-state index is 11.6. The van der Waals surface area contributed by atoms with Crippen LogP contribution in [0.4, 0.5) is 4.79 Å². The molecule has 0 spiro atoms. The van der Waals surface area contributed by atoms with Gasteiger partial charge in [0.15, 0.2) is 0 Å². The molecular weight excluding hydrogens is 226 g/mol. The third kappa shape index (κ3) is 3.89. The van der Waals surface area contributed by atoms with E-state index < -0.39 is 23.3 Å². The summed E-state index contributed by atoms with van der Waals surface area (Å²) in [7, 11) is 1.26. The molecule has 0 unspecified atom stereocenters. The number of rotatable bonds is 2. The van der Waals surface area contributed by atoms with Crippen molar-refractivity contribution in [3.05, 3.63) is 0 Å². The average molecular weight is 245 g/mol. The van der Waals surface area contributed by atoms with E-state index in [1.165, 1.54) is 12.0 Å². The second-order valence-electron chi connectivity index (χ2n) is 5.31. The molecule has 0 atom stereocenters. The zero-order valence-corrected chi connectivity index (χ0v) is 10.6. The fraction of sp³-hybridized carbons (Fsp3) is 0.818. The van der Waals surface area contributed by atoms with Gasteiger partial charge in [0, 0.05) is 0 Å². The van der Waals surface area contributed by atoms with Gasteiger partial charge in [-0.2, -0.15) is 0 Å². The summed E-state index contributed by atoms with van der Waals surface area (Å²) in [6.45, 7) is 5.50. The fourth-order valence-corrected chi connectivity index (χ4v) is 1.57. The minimum atomic E-state index is -1.18. The van der Waals surface area contributed by atoms with Crippen LogP contribution < -0.4 is 0 Å². The monoisotopic (exact) mass is 245 g/mol. The van der Waals surface area contributed by atoms with Gasteiger partial charge in [0.1, 0.15) is 11.2 Å². The summed E-state index contributed by atoms with van der Waals surface area (Å²) in [5.74, 6) is -0.490. The third-order valence-corrected chi connectivity index (χ3v) is 2.32. The van der Waals surface area contributed by atoms with Crippen molar-refractivity contribution in [3.8, 4) is 0 Å². The summed E-state index contributed by atoms with van der Waals surface area (Å²) in [6, 6.07) is 0. The van der Waals surface area contributed by atoms with Crippen LogP contribution in [0, 0.1) is 0 Å². The average Bonchev–Trinajstić information content (AvgIpc) is 2.10. The third-order valence-electron chi connectivity index (χ3n) is 2.32. The lowest BCUT2D eigenvalue weighted by molar-refractivity contribution is -0.155. The van der Waals surface area contributed by atoms with Gasteiger partial charge in [0.2, 0.25) is 0 Å². The lowest BCUT2D eigenvalue weighted by Gasteiger charge is -2.45. The van der Waals surface area contributed by atoms with E-state index in [4.69, 9.17) is 4.74 Å². The maximum Gasteiger partial charge on any atom is 0.410 e. The molecule has 1 saturated heterocycles. The molecule has 1 heterocycles. The number of methoxy groups -OCH3 is 1. The van der Waals surface area contributed by atoms with E-state index in [1.54, 1.807) is 20.8 Å². The molecule has 0 aromatic heterocycles. The largest absolute Gasteiger partial charge is 0.469 e. The molecule has 6 heteroatoms. The minimum Gasteiger partial charge on any atom is -0.469 e. The van der Waals surface area contributed by atoms with Crippen LogP contribution in [0.3, 0.4) is 0 Å². The van der Waals surface area contributed by atoms with Crippen molar-refractivity contribution in [2.45, 2.75) is 38.4 Å². The van der Waals surface area contributed by atoms with Gasteiger partial charge in [0.25, 0.3) is 0 Å². The second-order valence-corrected chi connectivity index (χ2v) is 5.31. The lowest BCUT2D eigenvalue weighted by atomic mass is 9.91. The normalized spacial score (nSPS) is 18.3. The molecule has 1 N–H and O–H groups in total. The fourth-order valence-electron chi connectivity index (χ4n) is 1.57. The Morgan fingerprint density at radius 2 is 1.88 bits per heavy atom. The molecule has 0 radical (unpaired) electrons. The van der Waals surface area contributed by atoms with Crippen LogP contribution in [0.2, 0.25) is 0 Å². The molecule has 1 aliphatic rings. The summed E-state index contributed by atoms with van der Waals surface area (Å²) in [5, 5.41) is 9.88. The Hall–Kier alpha value is -1.30. The number of carbonyl (C=O) groups is 2. The van der Waals surface area contributed by atoms with Gasteiger partial charge in [-0.05, 0) is 20.8 Å². The van der Waals surface area contributed by atoms with E-state index in [2.05, 4.69) is 4.74 Å². The van der Waals surface area contributed by atoms with Gasteiger partial charge >= 0.3 is 12.1 Å². The highest BCUT2D eigenvalue weighted by Gasteiger charge is 2.46. The smallest absolute Gasteiger partial charge is 0.410 e. The quantitative estimate of drug-likeness (QED) is 0.718. The molecular formula is C11H19NO5. The number of hydrogen-bond acceptors (Lipinski definition) is 5. The Morgan fingerprint density at radius 3 is 2.29 bits per heavy atom. The number of ether oxygens (including phenoxy) is 2. The molecule has 98 valence electrons. The molecule has 0 aromatic carbocycles.